The number of nitrogens with one attached hydrogen (secondary N) is 2. The van der Waals surface area contributed by atoms with E-state index >= 15 is 0 Å². The number of aromatic amines is 1. The molecule has 26 heavy (non-hydrogen) atoms. The number of nitrogens with zero attached hydrogens (tertiary/aromatic N) is 2. The van der Waals surface area contributed by atoms with Crippen molar-refractivity contribution < 1.29 is 9.21 Å². The summed E-state index contributed by atoms with van der Waals surface area (Å²) in [5.74, 6) is 2.42. The molecule has 7 heteroatoms. The van der Waals surface area contributed by atoms with E-state index in [2.05, 4.69) is 20.2 Å². The highest BCUT2D eigenvalue weighted by Crippen LogP contribution is 2.25. The van der Waals surface area contributed by atoms with Crippen molar-refractivity contribution in [2.75, 3.05) is 18.0 Å². The molecule has 3 aromatic rings. The Balaban J connectivity index is 1.41. The summed E-state index contributed by atoms with van der Waals surface area (Å²) in [6, 6.07) is 9.39. The molecule has 0 saturated carbocycles. The van der Waals surface area contributed by atoms with E-state index in [1.54, 1.807) is 0 Å². The van der Waals surface area contributed by atoms with Crippen LogP contribution >= 0.6 is 11.6 Å². The molecule has 2 aromatic heterocycles. The number of anilines is 1. The number of imidazole rings is 1. The predicted octanol–water partition coefficient (Wildman–Crippen LogP) is 3.65. The lowest BCUT2D eigenvalue weighted by molar-refractivity contribution is -0.125. The first-order valence-corrected chi connectivity index (χ1v) is 9.19. The van der Waals surface area contributed by atoms with Crippen molar-refractivity contribution in [2.24, 2.45) is 5.92 Å². The number of carbonyl (C=O) groups excluding carboxylic acids is 1. The molecule has 1 aromatic carbocycles. The highest BCUT2D eigenvalue weighted by atomic mass is 35.5. The van der Waals surface area contributed by atoms with Gasteiger partial charge in [-0.3, -0.25) is 4.79 Å². The third-order valence-electron chi connectivity index (χ3n) is 4.76. The number of furan rings is 1. The van der Waals surface area contributed by atoms with Gasteiger partial charge in [0.05, 0.1) is 23.5 Å². The normalized spacial score (nSPS) is 17.6. The van der Waals surface area contributed by atoms with Gasteiger partial charge in [-0.2, -0.15) is 0 Å². The van der Waals surface area contributed by atoms with Crippen LogP contribution < -0.4 is 10.2 Å². The van der Waals surface area contributed by atoms with Gasteiger partial charge >= 0.3 is 0 Å². The summed E-state index contributed by atoms with van der Waals surface area (Å²) in [5, 5.41) is 3.66. The molecule has 6 nitrogen and oxygen atoms in total. The predicted molar refractivity (Wildman–Crippen MR) is 101 cm³/mol. The van der Waals surface area contributed by atoms with Crippen molar-refractivity contribution in [2.45, 2.75) is 26.3 Å². The quantitative estimate of drug-likeness (QED) is 0.733. The van der Waals surface area contributed by atoms with Crippen molar-refractivity contribution in [3.05, 3.63) is 46.9 Å². The lowest BCUT2D eigenvalue weighted by atomic mass is 9.97. The van der Waals surface area contributed by atoms with E-state index in [9.17, 15) is 4.79 Å². The standard InChI is InChI=1S/C19H21ClN4O2/c1-12-4-6-15(26-12)10-21-18(25)13-3-2-8-24(11-13)19-22-16-7-5-14(20)9-17(16)23-19/h4-7,9,13H,2-3,8,10-11H2,1H3,(H,21,25)(H,22,23). The van der Waals surface area contributed by atoms with Crippen LogP contribution in [-0.2, 0) is 11.3 Å². The summed E-state index contributed by atoms with van der Waals surface area (Å²) >= 11 is 6.04. The highest BCUT2D eigenvalue weighted by Gasteiger charge is 2.27. The summed E-state index contributed by atoms with van der Waals surface area (Å²) < 4.78 is 5.50. The first-order valence-electron chi connectivity index (χ1n) is 8.82. The minimum Gasteiger partial charge on any atom is -0.465 e. The van der Waals surface area contributed by atoms with E-state index < -0.39 is 0 Å². The molecule has 0 bridgehead atoms. The van der Waals surface area contributed by atoms with Crippen LogP contribution in [0.1, 0.15) is 24.4 Å². The summed E-state index contributed by atoms with van der Waals surface area (Å²) in [5.41, 5.74) is 1.79. The number of fused-ring (bicyclic) bond motifs is 1. The monoisotopic (exact) mass is 372 g/mol. The van der Waals surface area contributed by atoms with Crippen LogP contribution in [0.5, 0.6) is 0 Å². The van der Waals surface area contributed by atoms with E-state index in [0.717, 1.165) is 47.9 Å². The fraction of sp³-hybridized carbons (Fsp3) is 0.368. The Labute approximate surface area is 156 Å². The van der Waals surface area contributed by atoms with Gasteiger partial charge in [0.15, 0.2) is 0 Å². The maximum atomic E-state index is 12.5. The maximum absolute atomic E-state index is 12.5. The van der Waals surface area contributed by atoms with Gasteiger partial charge in [-0.15, -0.1) is 0 Å². The molecule has 1 atom stereocenters. The zero-order valence-electron chi connectivity index (χ0n) is 14.6. The first-order chi connectivity index (χ1) is 12.6. The molecule has 136 valence electrons. The molecule has 3 heterocycles. The van der Waals surface area contributed by atoms with Crippen molar-refractivity contribution in [1.29, 1.82) is 0 Å². The van der Waals surface area contributed by atoms with Gasteiger partial charge in [-0.1, -0.05) is 11.6 Å². The average Bonchev–Trinajstić information content (AvgIpc) is 3.25. The molecule has 0 radical (unpaired) electrons. The largest absolute Gasteiger partial charge is 0.465 e. The second kappa shape index (κ2) is 7.03. The number of halogens is 1. The summed E-state index contributed by atoms with van der Waals surface area (Å²) in [6.07, 6.45) is 1.83. The highest BCUT2D eigenvalue weighted by molar-refractivity contribution is 6.31. The van der Waals surface area contributed by atoms with Crippen LogP contribution in [0.2, 0.25) is 5.02 Å². The van der Waals surface area contributed by atoms with E-state index in [-0.39, 0.29) is 11.8 Å². The maximum Gasteiger partial charge on any atom is 0.225 e. The van der Waals surface area contributed by atoms with Gasteiger partial charge in [0.25, 0.3) is 0 Å². The Kier molecular flexibility index (Phi) is 4.59. The summed E-state index contributed by atoms with van der Waals surface area (Å²) in [7, 11) is 0. The van der Waals surface area contributed by atoms with Crippen LogP contribution in [-0.4, -0.2) is 29.0 Å². The molecule has 1 aliphatic rings. The third kappa shape index (κ3) is 3.55. The number of carbonyl (C=O) groups is 1. The second-order valence-electron chi connectivity index (χ2n) is 6.74. The van der Waals surface area contributed by atoms with Crippen LogP contribution in [0.3, 0.4) is 0 Å². The van der Waals surface area contributed by atoms with E-state index in [0.29, 0.717) is 18.1 Å². The molecule has 1 fully saturated rings. The number of hydrogen-bond acceptors (Lipinski definition) is 4. The fourth-order valence-electron chi connectivity index (χ4n) is 3.40. The van der Waals surface area contributed by atoms with Crippen molar-refractivity contribution >= 4 is 34.5 Å². The van der Waals surface area contributed by atoms with Gasteiger partial charge in [0.2, 0.25) is 11.9 Å². The number of aromatic nitrogens is 2. The summed E-state index contributed by atoms with van der Waals surface area (Å²) in [4.78, 5) is 22.6. The first kappa shape index (κ1) is 17.0. The molecular weight excluding hydrogens is 352 g/mol. The van der Waals surface area contributed by atoms with Crippen LogP contribution in [0, 0.1) is 12.8 Å². The van der Waals surface area contributed by atoms with E-state index in [1.165, 1.54) is 0 Å². The number of hydrogen-bond donors (Lipinski definition) is 2. The topological polar surface area (TPSA) is 74.2 Å². The van der Waals surface area contributed by atoms with Crippen LogP contribution in [0.15, 0.2) is 34.7 Å². The minimum absolute atomic E-state index is 0.0582. The SMILES string of the molecule is Cc1ccc(CNC(=O)C2CCCN(c3nc4ccc(Cl)cc4[nH]3)C2)o1. The van der Waals surface area contributed by atoms with Crippen LogP contribution in [0.25, 0.3) is 11.0 Å². The molecule has 0 spiro atoms. The Morgan fingerprint density at radius 1 is 1.42 bits per heavy atom. The zero-order chi connectivity index (χ0) is 18.1. The van der Waals surface area contributed by atoms with Gasteiger partial charge in [0, 0.05) is 18.1 Å². The lowest BCUT2D eigenvalue weighted by Gasteiger charge is -2.31. The molecule has 0 aliphatic carbocycles. The number of piperidine rings is 1. The number of benzene rings is 1. The fourth-order valence-corrected chi connectivity index (χ4v) is 3.57. The Morgan fingerprint density at radius 2 is 2.31 bits per heavy atom. The van der Waals surface area contributed by atoms with Gasteiger partial charge in [-0.05, 0) is 50.1 Å². The van der Waals surface area contributed by atoms with Gasteiger partial charge in [0.1, 0.15) is 11.5 Å². The average molecular weight is 373 g/mol. The van der Waals surface area contributed by atoms with Gasteiger partial charge < -0.3 is 19.6 Å². The molecule has 1 aliphatic heterocycles. The summed E-state index contributed by atoms with van der Waals surface area (Å²) in [6.45, 7) is 3.85. The Morgan fingerprint density at radius 3 is 3.12 bits per heavy atom. The Bertz CT molecular complexity index is 933. The van der Waals surface area contributed by atoms with Gasteiger partial charge in [-0.25, -0.2) is 4.98 Å². The van der Waals surface area contributed by atoms with Crippen molar-refractivity contribution in [3.63, 3.8) is 0 Å². The molecular formula is C19H21ClN4O2. The molecule has 1 saturated heterocycles. The number of aryl methyl sites for hydroxylation is 1. The van der Waals surface area contributed by atoms with Crippen molar-refractivity contribution in [3.8, 4) is 0 Å². The molecule has 1 amide bonds. The third-order valence-corrected chi connectivity index (χ3v) is 4.99. The smallest absolute Gasteiger partial charge is 0.225 e. The van der Waals surface area contributed by atoms with Crippen LogP contribution in [0.4, 0.5) is 5.95 Å². The van der Waals surface area contributed by atoms with Crippen molar-refractivity contribution in [1.82, 2.24) is 15.3 Å². The van der Waals surface area contributed by atoms with E-state index in [4.69, 9.17) is 16.0 Å². The molecule has 1 unspecified atom stereocenters. The Hall–Kier alpha value is -2.47. The minimum atomic E-state index is -0.0587. The number of amides is 1. The zero-order valence-corrected chi connectivity index (χ0v) is 15.3. The molecule has 2 N–H and O–H groups in total. The number of rotatable bonds is 4. The molecule has 4 rings (SSSR count). The second-order valence-corrected chi connectivity index (χ2v) is 7.17. The van der Waals surface area contributed by atoms with E-state index in [1.807, 2.05) is 37.3 Å². The number of H-pyrrole nitrogens is 1. The lowest BCUT2D eigenvalue weighted by Crippen LogP contribution is -2.43.